The number of aliphatic imine (C=N–C) groups is 1. The second-order valence-electron chi connectivity index (χ2n) is 7.63. The van der Waals surface area contributed by atoms with E-state index in [4.69, 9.17) is 0 Å². The van der Waals surface area contributed by atoms with Crippen LogP contribution in [-0.4, -0.2) is 34.3 Å². The van der Waals surface area contributed by atoms with Gasteiger partial charge in [-0.2, -0.15) is 13.2 Å². The Morgan fingerprint density at radius 1 is 1.03 bits per heavy atom. The number of hydrogen-bond acceptors (Lipinski definition) is 3. The van der Waals surface area contributed by atoms with Crippen molar-refractivity contribution in [1.29, 1.82) is 0 Å². The molecule has 0 bridgehead atoms. The summed E-state index contributed by atoms with van der Waals surface area (Å²) >= 11 is 0. The lowest BCUT2D eigenvalue weighted by Crippen LogP contribution is -2.20. The van der Waals surface area contributed by atoms with Crippen LogP contribution in [-0.2, 0) is 12.7 Å². The van der Waals surface area contributed by atoms with Gasteiger partial charge in [0.1, 0.15) is 23.5 Å². The number of fused-ring (bicyclic) bond motifs is 3. The smallest absolute Gasteiger partial charge is 0.304 e. The second kappa shape index (κ2) is 7.56. The Bertz CT molecular complexity index is 1160. The maximum atomic E-state index is 14.7. The molecule has 9 heteroatoms. The monoisotopic (exact) mass is 434 g/mol. The van der Waals surface area contributed by atoms with Crippen LogP contribution in [0.4, 0.5) is 22.0 Å². The predicted molar refractivity (Wildman–Crippen MR) is 106 cm³/mol. The molecule has 0 saturated heterocycles. The zero-order chi connectivity index (χ0) is 22.5. The summed E-state index contributed by atoms with van der Waals surface area (Å²) in [7, 11) is 3.57. The summed E-state index contributed by atoms with van der Waals surface area (Å²) in [6.07, 6.45) is -3.19. The highest BCUT2D eigenvalue weighted by atomic mass is 19.4. The minimum atomic E-state index is -4.70. The molecule has 4 nitrogen and oxygen atoms in total. The Hall–Kier alpha value is -3.07. The first-order chi connectivity index (χ1) is 14.6. The van der Waals surface area contributed by atoms with Gasteiger partial charge in [-0.1, -0.05) is 18.2 Å². The summed E-state index contributed by atoms with van der Waals surface area (Å²) < 4.78 is 72.9. The fourth-order valence-corrected chi connectivity index (χ4v) is 3.84. The van der Waals surface area contributed by atoms with Crippen LogP contribution in [0.2, 0.25) is 0 Å². The van der Waals surface area contributed by atoms with E-state index in [0.717, 1.165) is 18.2 Å². The maximum absolute atomic E-state index is 14.7. The molecule has 2 aromatic carbocycles. The Balaban J connectivity index is 2.12. The van der Waals surface area contributed by atoms with Crippen molar-refractivity contribution < 1.29 is 22.0 Å². The molecular formula is C22H19F5N4. The number of hydrogen-bond donors (Lipinski definition) is 0. The lowest BCUT2D eigenvalue weighted by Gasteiger charge is -2.21. The molecule has 1 aliphatic heterocycles. The van der Waals surface area contributed by atoms with Crippen molar-refractivity contribution in [3.05, 3.63) is 82.4 Å². The normalized spacial score (nSPS) is 16.0. The molecule has 1 aromatic heterocycles. The van der Waals surface area contributed by atoms with Crippen LogP contribution in [0, 0.1) is 11.6 Å². The zero-order valence-corrected chi connectivity index (χ0v) is 17.0. The van der Waals surface area contributed by atoms with Crippen molar-refractivity contribution in [2.24, 2.45) is 4.99 Å². The Morgan fingerprint density at radius 3 is 2.29 bits per heavy atom. The number of halogens is 5. The van der Waals surface area contributed by atoms with Gasteiger partial charge in [0, 0.05) is 12.1 Å². The van der Waals surface area contributed by atoms with E-state index in [-0.39, 0.29) is 22.8 Å². The van der Waals surface area contributed by atoms with E-state index in [9.17, 15) is 22.0 Å². The van der Waals surface area contributed by atoms with Gasteiger partial charge in [0.25, 0.3) is 0 Å². The van der Waals surface area contributed by atoms with Gasteiger partial charge in [-0.05, 0) is 39.2 Å². The third-order valence-corrected chi connectivity index (χ3v) is 5.06. The average Bonchev–Trinajstić information content (AvgIpc) is 3.03. The number of alkyl halides is 3. The lowest BCUT2D eigenvalue weighted by atomic mass is 9.96. The fraction of sp³-hybridized carbons (Fsp3) is 0.273. The molecule has 0 aliphatic carbocycles. The van der Waals surface area contributed by atoms with Crippen LogP contribution in [0.15, 0.2) is 47.6 Å². The van der Waals surface area contributed by atoms with E-state index in [1.165, 1.54) is 29.0 Å². The van der Waals surface area contributed by atoms with Crippen molar-refractivity contribution >= 4 is 5.71 Å². The van der Waals surface area contributed by atoms with Gasteiger partial charge in [-0.15, -0.1) is 0 Å². The minimum Gasteiger partial charge on any atom is -0.304 e. The molecule has 2 heterocycles. The summed E-state index contributed by atoms with van der Waals surface area (Å²) in [5.74, 6) is -1.54. The van der Waals surface area contributed by atoms with Crippen molar-refractivity contribution in [2.75, 3.05) is 14.1 Å². The van der Waals surface area contributed by atoms with Crippen molar-refractivity contribution in [2.45, 2.75) is 25.7 Å². The Labute approximate surface area is 175 Å². The molecule has 4 rings (SSSR count). The van der Waals surface area contributed by atoms with Crippen LogP contribution >= 0.6 is 0 Å². The van der Waals surface area contributed by atoms with Crippen molar-refractivity contribution in [3.8, 4) is 5.69 Å². The molecule has 0 saturated carbocycles. The van der Waals surface area contributed by atoms with E-state index in [0.29, 0.717) is 12.2 Å². The van der Waals surface area contributed by atoms with Crippen LogP contribution in [0.5, 0.6) is 0 Å². The van der Waals surface area contributed by atoms with E-state index in [1.54, 1.807) is 25.9 Å². The molecule has 0 N–H and O–H groups in total. The molecule has 0 fully saturated rings. The van der Waals surface area contributed by atoms with E-state index in [2.05, 4.69) is 9.98 Å². The molecule has 3 aromatic rings. The van der Waals surface area contributed by atoms with Crippen molar-refractivity contribution in [1.82, 2.24) is 14.5 Å². The topological polar surface area (TPSA) is 33.4 Å². The standard InChI is InChI=1S/C22H19F5N4/c1-12-21-28-10-13(11-30(2)3)31(21)20-14(6-4-7-15(20)22(25,26)27)19(29-12)18-16(23)8-5-9-17(18)24/h4-10,12H,11H2,1-3H3. The highest BCUT2D eigenvalue weighted by Gasteiger charge is 2.39. The minimum absolute atomic E-state index is 0.0116. The average molecular weight is 434 g/mol. The van der Waals surface area contributed by atoms with E-state index < -0.39 is 35.0 Å². The maximum Gasteiger partial charge on any atom is 0.418 e. The molecule has 31 heavy (non-hydrogen) atoms. The number of para-hydroxylation sites is 1. The number of aromatic nitrogens is 2. The van der Waals surface area contributed by atoms with E-state index in [1.807, 2.05) is 0 Å². The first-order valence-corrected chi connectivity index (χ1v) is 9.54. The van der Waals surface area contributed by atoms with Gasteiger partial charge in [0.05, 0.1) is 34.4 Å². The van der Waals surface area contributed by atoms with Crippen LogP contribution in [0.25, 0.3) is 5.69 Å². The SMILES string of the molecule is CC1N=C(c2c(F)cccc2F)c2cccc(C(F)(F)F)c2-n2c(CN(C)C)cnc21. The Kier molecular flexibility index (Phi) is 5.17. The van der Waals surface area contributed by atoms with Crippen LogP contribution < -0.4 is 0 Å². The summed E-state index contributed by atoms with van der Waals surface area (Å²) in [5.41, 5.74) is -1.30. The van der Waals surface area contributed by atoms with Gasteiger partial charge in [-0.3, -0.25) is 9.56 Å². The molecule has 0 amide bonds. The van der Waals surface area contributed by atoms with Gasteiger partial charge >= 0.3 is 6.18 Å². The van der Waals surface area contributed by atoms with Gasteiger partial charge in [-0.25, -0.2) is 13.8 Å². The van der Waals surface area contributed by atoms with Crippen molar-refractivity contribution in [3.63, 3.8) is 0 Å². The summed E-state index contributed by atoms with van der Waals surface area (Å²) in [6.45, 7) is 1.95. The molecule has 0 spiro atoms. The zero-order valence-electron chi connectivity index (χ0n) is 17.0. The third-order valence-electron chi connectivity index (χ3n) is 5.06. The molecule has 1 aliphatic rings. The second-order valence-corrected chi connectivity index (χ2v) is 7.63. The number of nitrogens with zero attached hydrogens (tertiary/aromatic N) is 4. The summed E-state index contributed by atoms with van der Waals surface area (Å²) in [5, 5.41) is 0. The van der Waals surface area contributed by atoms with Gasteiger partial charge in [0.15, 0.2) is 0 Å². The predicted octanol–water partition coefficient (Wildman–Crippen LogP) is 5.14. The highest BCUT2D eigenvalue weighted by Crippen LogP contribution is 2.40. The first kappa shape index (κ1) is 21.2. The first-order valence-electron chi connectivity index (χ1n) is 9.54. The lowest BCUT2D eigenvalue weighted by molar-refractivity contribution is -0.137. The highest BCUT2D eigenvalue weighted by molar-refractivity contribution is 6.16. The quantitative estimate of drug-likeness (QED) is 0.535. The number of imidazole rings is 1. The van der Waals surface area contributed by atoms with Crippen LogP contribution in [0.1, 0.15) is 41.2 Å². The largest absolute Gasteiger partial charge is 0.418 e. The molecule has 0 radical (unpaired) electrons. The Morgan fingerprint density at radius 2 is 1.68 bits per heavy atom. The van der Waals surface area contributed by atoms with E-state index >= 15 is 0 Å². The summed E-state index contributed by atoms with van der Waals surface area (Å²) in [6, 6.07) is 6.14. The number of rotatable bonds is 3. The van der Waals surface area contributed by atoms with Gasteiger partial charge < -0.3 is 4.90 Å². The molecular weight excluding hydrogens is 415 g/mol. The third kappa shape index (κ3) is 3.63. The molecule has 162 valence electrons. The van der Waals surface area contributed by atoms with Gasteiger partial charge in [0.2, 0.25) is 0 Å². The fourth-order valence-electron chi connectivity index (χ4n) is 3.84. The number of benzene rings is 2. The molecule has 1 atom stereocenters. The summed E-state index contributed by atoms with van der Waals surface area (Å²) in [4.78, 5) is 10.6. The molecule has 1 unspecified atom stereocenters. The van der Waals surface area contributed by atoms with Crippen LogP contribution in [0.3, 0.4) is 0 Å².